The molecule has 18 heavy (non-hydrogen) atoms. The molecule has 1 unspecified atom stereocenters. The van der Waals surface area contributed by atoms with Crippen LogP contribution < -0.4 is 15.2 Å². The van der Waals surface area contributed by atoms with E-state index in [1.807, 2.05) is 20.8 Å². The molecular weight excluding hydrogens is 252 g/mol. The first-order chi connectivity index (χ1) is 8.27. The molecule has 3 N–H and O–H groups in total. The van der Waals surface area contributed by atoms with Crippen LogP contribution in [0.1, 0.15) is 20.8 Å². The molecule has 1 aromatic rings. The lowest BCUT2D eigenvalue weighted by Crippen LogP contribution is -2.36. The van der Waals surface area contributed by atoms with E-state index in [2.05, 4.69) is 4.72 Å². The van der Waals surface area contributed by atoms with Gasteiger partial charge in [0, 0.05) is 12.1 Å². The molecule has 0 bridgehead atoms. The maximum absolute atomic E-state index is 12.1. The first-order valence-corrected chi connectivity index (χ1v) is 7.22. The van der Waals surface area contributed by atoms with Crippen molar-refractivity contribution < 1.29 is 13.2 Å². The summed E-state index contributed by atoms with van der Waals surface area (Å²) in [6.45, 7) is 5.74. The van der Waals surface area contributed by atoms with Crippen LogP contribution in [0.15, 0.2) is 23.1 Å². The van der Waals surface area contributed by atoms with Crippen molar-refractivity contribution in [1.29, 1.82) is 0 Å². The van der Waals surface area contributed by atoms with Gasteiger partial charge in [-0.3, -0.25) is 0 Å². The van der Waals surface area contributed by atoms with Gasteiger partial charge in [0.05, 0.1) is 17.7 Å². The Morgan fingerprint density at radius 2 is 1.89 bits per heavy atom. The fourth-order valence-corrected chi connectivity index (χ4v) is 2.71. The highest BCUT2D eigenvalue weighted by Crippen LogP contribution is 2.24. The van der Waals surface area contributed by atoms with Gasteiger partial charge in [0.1, 0.15) is 5.75 Å². The second-order valence-electron chi connectivity index (χ2n) is 4.56. The molecule has 0 aromatic heterocycles. The largest absolute Gasteiger partial charge is 0.495 e. The Morgan fingerprint density at radius 3 is 2.39 bits per heavy atom. The normalized spacial score (nSPS) is 13.6. The molecule has 0 saturated heterocycles. The number of anilines is 1. The summed E-state index contributed by atoms with van der Waals surface area (Å²) < 4.78 is 31.9. The SMILES string of the molecule is COc1cc(S(=O)(=O)NC(C)C(C)C)ccc1N. The molecule has 0 amide bonds. The van der Waals surface area contributed by atoms with E-state index in [1.54, 1.807) is 0 Å². The van der Waals surface area contributed by atoms with Crippen molar-refractivity contribution in [2.45, 2.75) is 31.7 Å². The Bertz CT molecular complexity index is 512. The molecule has 0 heterocycles. The van der Waals surface area contributed by atoms with Crippen LogP contribution in [0.5, 0.6) is 5.75 Å². The predicted octanol–water partition coefficient (Wildman–Crippen LogP) is 1.60. The van der Waals surface area contributed by atoms with Gasteiger partial charge in [-0.1, -0.05) is 13.8 Å². The fraction of sp³-hybridized carbons (Fsp3) is 0.500. The molecular formula is C12H20N2O3S. The second-order valence-corrected chi connectivity index (χ2v) is 6.27. The molecule has 0 radical (unpaired) electrons. The van der Waals surface area contributed by atoms with E-state index < -0.39 is 10.0 Å². The Hall–Kier alpha value is -1.27. The summed E-state index contributed by atoms with van der Waals surface area (Å²) in [5, 5.41) is 0. The minimum absolute atomic E-state index is 0.140. The first kappa shape index (κ1) is 14.8. The van der Waals surface area contributed by atoms with E-state index >= 15 is 0 Å². The highest BCUT2D eigenvalue weighted by Gasteiger charge is 2.20. The van der Waals surface area contributed by atoms with Gasteiger partial charge in [-0.2, -0.15) is 0 Å². The number of sulfonamides is 1. The fourth-order valence-electron chi connectivity index (χ4n) is 1.31. The van der Waals surface area contributed by atoms with Gasteiger partial charge in [-0.15, -0.1) is 0 Å². The number of ether oxygens (including phenoxy) is 1. The van der Waals surface area contributed by atoms with Crippen molar-refractivity contribution in [2.24, 2.45) is 5.92 Å². The quantitative estimate of drug-likeness (QED) is 0.798. The number of rotatable bonds is 5. The standard InChI is InChI=1S/C12H20N2O3S/c1-8(2)9(3)14-18(15,16)10-5-6-11(13)12(7-10)17-4/h5-9,14H,13H2,1-4H3. The van der Waals surface area contributed by atoms with E-state index in [1.165, 1.54) is 25.3 Å². The highest BCUT2D eigenvalue weighted by molar-refractivity contribution is 7.89. The number of hydrogen-bond donors (Lipinski definition) is 2. The van der Waals surface area contributed by atoms with Gasteiger partial charge in [-0.05, 0) is 25.0 Å². The Balaban J connectivity index is 3.05. The Kier molecular flexibility index (Phi) is 4.59. The summed E-state index contributed by atoms with van der Waals surface area (Å²) in [6.07, 6.45) is 0. The summed E-state index contributed by atoms with van der Waals surface area (Å²) in [4.78, 5) is 0.154. The van der Waals surface area contributed by atoms with Crippen molar-refractivity contribution in [3.05, 3.63) is 18.2 Å². The van der Waals surface area contributed by atoms with Gasteiger partial charge >= 0.3 is 0 Å². The van der Waals surface area contributed by atoms with Crippen LogP contribution in [0.2, 0.25) is 0 Å². The third-order valence-electron chi connectivity index (χ3n) is 2.86. The summed E-state index contributed by atoms with van der Waals surface area (Å²) >= 11 is 0. The first-order valence-electron chi connectivity index (χ1n) is 5.73. The van der Waals surface area contributed by atoms with Crippen molar-refractivity contribution in [3.63, 3.8) is 0 Å². The van der Waals surface area contributed by atoms with Crippen molar-refractivity contribution in [1.82, 2.24) is 4.72 Å². The zero-order chi connectivity index (χ0) is 13.9. The number of nitrogens with two attached hydrogens (primary N) is 1. The predicted molar refractivity (Wildman–Crippen MR) is 72.0 cm³/mol. The Morgan fingerprint density at radius 1 is 1.28 bits per heavy atom. The number of nitrogen functional groups attached to an aromatic ring is 1. The van der Waals surface area contributed by atoms with Crippen LogP contribution in [0.25, 0.3) is 0 Å². The van der Waals surface area contributed by atoms with Crippen LogP contribution >= 0.6 is 0 Å². The molecule has 0 saturated carbocycles. The molecule has 1 atom stereocenters. The van der Waals surface area contributed by atoms with E-state index in [0.29, 0.717) is 11.4 Å². The maximum Gasteiger partial charge on any atom is 0.240 e. The third-order valence-corrected chi connectivity index (χ3v) is 4.41. The summed E-state index contributed by atoms with van der Waals surface area (Å²) in [6, 6.07) is 4.27. The topological polar surface area (TPSA) is 81.4 Å². The van der Waals surface area contributed by atoms with E-state index in [4.69, 9.17) is 10.5 Å². The van der Waals surface area contributed by atoms with E-state index in [-0.39, 0.29) is 16.9 Å². The smallest absolute Gasteiger partial charge is 0.240 e. The number of hydrogen-bond acceptors (Lipinski definition) is 4. The van der Waals surface area contributed by atoms with E-state index in [0.717, 1.165) is 0 Å². The molecule has 1 aromatic carbocycles. The average molecular weight is 272 g/mol. The van der Waals surface area contributed by atoms with Gasteiger partial charge < -0.3 is 10.5 Å². The van der Waals surface area contributed by atoms with Crippen LogP contribution in [0, 0.1) is 5.92 Å². The minimum atomic E-state index is -3.54. The highest BCUT2D eigenvalue weighted by atomic mass is 32.2. The Labute approximate surface area is 108 Å². The number of benzene rings is 1. The van der Waals surface area contributed by atoms with Crippen molar-refractivity contribution >= 4 is 15.7 Å². The van der Waals surface area contributed by atoms with Crippen molar-refractivity contribution in [3.8, 4) is 5.75 Å². The van der Waals surface area contributed by atoms with Gasteiger partial charge in [-0.25, -0.2) is 13.1 Å². The number of methoxy groups -OCH3 is 1. The van der Waals surface area contributed by atoms with Crippen molar-refractivity contribution in [2.75, 3.05) is 12.8 Å². The molecule has 5 nitrogen and oxygen atoms in total. The lowest BCUT2D eigenvalue weighted by molar-refractivity contribution is 0.415. The average Bonchev–Trinajstić information content (AvgIpc) is 2.28. The molecule has 0 aliphatic heterocycles. The van der Waals surface area contributed by atoms with Gasteiger partial charge in [0.15, 0.2) is 0 Å². The summed E-state index contributed by atoms with van der Waals surface area (Å²) in [5.74, 6) is 0.575. The second kappa shape index (κ2) is 5.58. The van der Waals surface area contributed by atoms with Crippen LogP contribution in [-0.2, 0) is 10.0 Å². The molecule has 0 aliphatic carbocycles. The van der Waals surface area contributed by atoms with Crippen LogP contribution in [-0.4, -0.2) is 21.6 Å². The number of nitrogens with one attached hydrogen (secondary N) is 1. The lowest BCUT2D eigenvalue weighted by atomic mass is 10.1. The molecule has 1 rings (SSSR count). The molecule has 0 spiro atoms. The van der Waals surface area contributed by atoms with Crippen LogP contribution in [0.3, 0.4) is 0 Å². The minimum Gasteiger partial charge on any atom is -0.495 e. The molecule has 102 valence electrons. The zero-order valence-corrected chi connectivity index (χ0v) is 11.9. The van der Waals surface area contributed by atoms with Crippen LogP contribution in [0.4, 0.5) is 5.69 Å². The molecule has 0 fully saturated rings. The zero-order valence-electron chi connectivity index (χ0n) is 11.1. The monoisotopic (exact) mass is 272 g/mol. The van der Waals surface area contributed by atoms with E-state index in [9.17, 15) is 8.42 Å². The summed E-state index contributed by atoms with van der Waals surface area (Å²) in [7, 11) is -2.09. The maximum atomic E-state index is 12.1. The third kappa shape index (κ3) is 3.36. The summed E-state index contributed by atoms with van der Waals surface area (Å²) in [5.41, 5.74) is 6.06. The van der Waals surface area contributed by atoms with Gasteiger partial charge in [0.2, 0.25) is 10.0 Å². The van der Waals surface area contributed by atoms with Gasteiger partial charge in [0.25, 0.3) is 0 Å². The molecule has 6 heteroatoms. The molecule has 0 aliphatic rings. The lowest BCUT2D eigenvalue weighted by Gasteiger charge is -2.18.